The van der Waals surface area contributed by atoms with E-state index in [1.165, 1.54) is 12.8 Å². The van der Waals surface area contributed by atoms with Crippen LogP contribution in [0.4, 0.5) is 0 Å². The molecule has 2 heterocycles. The van der Waals surface area contributed by atoms with Crippen molar-refractivity contribution in [3.05, 3.63) is 36.3 Å². The predicted octanol–water partition coefficient (Wildman–Crippen LogP) is 2.08. The van der Waals surface area contributed by atoms with Crippen LogP contribution in [-0.2, 0) is 0 Å². The highest BCUT2D eigenvalue weighted by Gasteiger charge is 2.25. The topological polar surface area (TPSA) is 52.8 Å². The van der Waals surface area contributed by atoms with Crippen LogP contribution in [0.2, 0.25) is 0 Å². The van der Waals surface area contributed by atoms with Crippen molar-refractivity contribution in [2.24, 2.45) is 4.99 Å². The minimum atomic E-state index is 0.253. The highest BCUT2D eigenvalue weighted by Crippen LogP contribution is 2.25. The molecule has 1 fully saturated rings. The van der Waals surface area contributed by atoms with Crippen molar-refractivity contribution in [1.82, 2.24) is 15.5 Å². The fourth-order valence-corrected chi connectivity index (χ4v) is 2.68. The third-order valence-electron chi connectivity index (χ3n) is 3.77. The van der Waals surface area contributed by atoms with Gasteiger partial charge in [-0.3, -0.25) is 9.89 Å². The quantitative estimate of drug-likeness (QED) is 0.478. The van der Waals surface area contributed by atoms with Crippen molar-refractivity contribution in [3.63, 3.8) is 0 Å². The third-order valence-corrected chi connectivity index (χ3v) is 3.77. The lowest BCUT2D eigenvalue weighted by Crippen LogP contribution is -2.42. The number of aliphatic imine (C=N–C) groups is 1. The predicted molar refractivity (Wildman–Crippen MR) is 86.6 cm³/mol. The second kappa shape index (κ2) is 7.88. The van der Waals surface area contributed by atoms with Crippen molar-refractivity contribution in [2.75, 3.05) is 33.2 Å². The minimum absolute atomic E-state index is 0.253. The molecule has 1 saturated heterocycles. The molecule has 1 unspecified atom stereocenters. The van der Waals surface area contributed by atoms with Crippen LogP contribution in [0.15, 0.2) is 34.2 Å². The molecule has 0 saturated carbocycles. The Bertz CT molecular complexity index is 474. The Labute approximate surface area is 127 Å². The van der Waals surface area contributed by atoms with E-state index < -0.39 is 0 Å². The van der Waals surface area contributed by atoms with E-state index >= 15 is 0 Å². The molecule has 0 radical (unpaired) electrons. The lowest BCUT2D eigenvalue weighted by Gasteiger charge is -2.26. The molecule has 5 heteroatoms. The molecular formula is C16H26N4O. The molecule has 1 aliphatic rings. The van der Waals surface area contributed by atoms with Crippen LogP contribution in [-0.4, -0.2) is 44.1 Å². The van der Waals surface area contributed by atoms with Crippen molar-refractivity contribution in [2.45, 2.75) is 25.8 Å². The van der Waals surface area contributed by atoms with Crippen LogP contribution in [0.25, 0.3) is 0 Å². The van der Waals surface area contributed by atoms with Gasteiger partial charge in [0.25, 0.3) is 0 Å². The molecule has 21 heavy (non-hydrogen) atoms. The number of rotatable bonds is 6. The number of hydrogen-bond donors (Lipinski definition) is 2. The van der Waals surface area contributed by atoms with Gasteiger partial charge in [0.2, 0.25) is 0 Å². The SMILES string of the molecule is C=CCNC(=NC)NCC(c1ccc(C)o1)N1CCCC1. The molecule has 0 amide bonds. The summed E-state index contributed by atoms with van der Waals surface area (Å²) in [5, 5.41) is 6.57. The molecule has 0 aliphatic carbocycles. The van der Waals surface area contributed by atoms with Gasteiger partial charge in [-0.1, -0.05) is 6.08 Å². The normalized spacial score (nSPS) is 17.7. The zero-order chi connectivity index (χ0) is 15.1. The maximum atomic E-state index is 5.85. The Morgan fingerprint density at radius 1 is 1.43 bits per heavy atom. The number of aryl methyl sites for hydroxylation is 1. The van der Waals surface area contributed by atoms with Crippen LogP contribution >= 0.6 is 0 Å². The van der Waals surface area contributed by atoms with E-state index in [9.17, 15) is 0 Å². The van der Waals surface area contributed by atoms with Gasteiger partial charge in [0, 0.05) is 20.1 Å². The van der Waals surface area contributed by atoms with E-state index in [4.69, 9.17) is 4.42 Å². The summed E-state index contributed by atoms with van der Waals surface area (Å²) in [7, 11) is 1.78. The molecule has 116 valence electrons. The fraction of sp³-hybridized carbons (Fsp3) is 0.562. The van der Waals surface area contributed by atoms with Gasteiger partial charge in [-0.2, -0.15) is 0 Å². The van der Waals surface area contributed by atoms with Crippen LogP contribution < -0.4 is 10.6 Å². The van der Waals surface area contributed by atoms with Crippen LogP contribution in [0.5, 0.6) is 0 Å². The largest absolute Gasteiger partial charge is 0.465 e. The first kappa shape index (κ1) is 15.6. The van der Waals surface area contributed by atoms with Crippen molar-refractivity contribution in [3.8, 4) is 0 Å². The van der Waals surface area contributed by atoms with E-state index in [0.29, 0.717) is 6.54 Å². The van der Waals surface area contributed by atoms with Gasteiger partial charge in [-0.25, -0.2) is 0 Å². The van der Waals surface area contributed by atoms with Gasteiger partial charge >= 0.3 is 0 Å². The zero-order valence-electron chi connectivity index (χ0n) is 13.1. The first-order chi connectivity index (χ1) is 10.2. The van der Waals surface area contributed by atoms with E-state index in [2.05, 4.69) is 33.2 Å². The van der Waals surface area contributed by atoms with Crippen molar-refractivity contribution in [1.29, 1.82) is 0 Å². The zero-order valence-corrected chi connectivity index (χ0v) is 13.1. The molecule has 5 nitrogen and oxygen atoms in total. The summed E-state index contributed by atoms with van der Waals surface area (Å²) in [6.45, 7) is 9.44. The molecule has 1 aromatic heterocycles. The number of guanidine groups is 1. The van der Waals surface area contributed by atoms with E-state index in [1.54, 1.807) is 7.05 Å². The maximum absolute atomic E-state index is 5.85. The molecule has 1 aliphatic heterocycles. The van der Waals surface area contributed by atoms with Crippen molar-refractivity contribution >= 4 is 5.96 Å². The summed E-state index contributed by atoms with van der Waals surface area (Å²) in [4.78, 5) is 6.70. The standard InChI is InChI=1S/C16H26N4O/c1-4-9-18-16(17-3)19-12-14(20-10-5-6-11-20)15-8-7-13(2)21-15/h4,7-8,14H,1,5-6,9-12H2,2-3H3,(H2,17,18,19). The second-order valence-corrected chi connectivity index (χ2v) is 5.33. The van der Waals surface area contributed by atoms with Gasteiger partial charge in [-0.05, 0) is 45.0 Å². The highest BCUT2D eigenvalue weighted by atomic mass is 16.3. The van der Waals surface area contributed by atoms with Gasteiger partial charge in [0.15, 0.2) is 5.96 Å². The third kappa shape index (κ3) is 4.36. The number of likely N-dealkylation sites (tertiary alicyclic amines) is 1. The summed E-state index contributed by atoms with van der Waals surface area (Å²) < 4.78 is 5.85. The van der Waals surface area contributed by atoms with Gasteiger partial charge in [0.1, 0.15) is 11.5 Å². The molecule has 0 bridgehead atoms. The molecule has 0 aromatic carbocycles. The molecule has 1 atom stereocenters. The van der Waals surface area contributed by atoms with E-state index in [1.807, 2.05) is 19.1 Å². The Hall–Kier alpha value is -1.75. The fourth-order valence-electron chi connectivity index (χ4n) is 2.68. The van der Waals surface area contributed by atoms with E-state index in [0.717, 1.165) is 37.1 Å². The lowest BCUT2D eigenvalue weighted by molar-refractivity contribution is 0.213. The number of furan rings is 1. The molecular weight excluding hydrogens is 264 g/mol. The lowest BCUT2D eigenvalue weighted by atomic mass is 10.2. The summed E-state index contributed by atoms with van der Waals surface area (Å²) in [6.07, 6.45) is 4.35. The molecule has 0 spiro atoms. The Balaban J connectivity index is 2.00. The Kier molecular flexibility index (Phi) is 5.87. The Morgan fingerprint density at radius 3 is 2.76 bits per heavy atom. The summed E-state index contributed by atoms with van der Waals surface area (Å²) in [6, 6.07) is 4.37. The number of nitrogens with one attached hydrogen (secondary N) is 2. The van der Waals surface area contributed by atoms with Crippen LogP contribution in [0.1, 0.15) is 30.4 Å². The number of hydrogen-bond acceptors (Lipinski definition) is 3. The molecule has 1 aromatic rings. The second-order valence-electron chi connectivity index (χ2n) is 5.33. The molecule has 2 rings (SSSR count). The maximum Gasteiger partial charge on any atom is 0.191 e. The summed E-state index contributed by atoms with van der Waals surface area (Å²) >= 11 is 0. The average Bonchev–Trinajstić information content (AvgIpc) is 3.15. The van der Waals surface area contributed by atoms with Gasteiger partial charge in [-0.15, -0.1) is 6.58 Å². The first-order valence-corrected chi connectivity index (χ1v) is 7.60. The number of nitrogens with zero attached hydrogens (tertiary/aromatic N) is 2. The summed E-state index contributed by atoms with van der Waals surface area (Å²) in [5.41, 5.74) is 0. The van der Waals surface area contributed by atoms with E-state index in [-0.39, 0.29) is 6.04 Å². The van der Waals surface area contributed by atoms with Crippen LogP contribution in [0.3, 0.4) is 0 Å². The Morgan fingerprint density at radius 2 is 2.19 bits per heavy atom. The van der Waals surface area contributed by atoms with Gasteiger partial charge < -0.3 is 15.1 Å². The van der Waals surface area contributed by atoms with Crippen LogP contribution in [0, 0.1) is 6.92 Å². The highest BCUT2D eigenvalue weighted by molar-refractivity contribution is 5.79. The average molecular weight is 290 g/mol. The molecule has 2 N–H and O–H groups in total. The van der Waals surface area contributed by atoms with Gasteiger partial charge in [0.05, 0.1) is 6.04 Å². The monoisotopic (exact) mass is 290 g/mol. The minimum Gasteiger partial charge on any atom is -0.465 e. The smallest absolute Gasteiger partial charge is 0.191 e. The first-order valence-electron chi connectivity index (χ1n) is 7.60. The van der Waals surface area contributed by atoms with Crippen molar-refractivity contribution < 1.29 is 4.42 Å². The summed E-state index contributed by atoms with van der Waals surface area (Å²) in [5.74, 6) is 2.78.